The molecule has 7 heteroatoms. The van der Waals surface area contributed by atoms with Gasteiger partial charge in [-0.25, -0.2) is 0 Å². The topological polar surface area (TPSA) is 96.5 Å². The molecule has 22 heavy (non-hydrogen) atoms. The Labute approximate surface area is 129 Å². The van der Waals surface area contributed by atoms with E-state index >= 15 is 0 Å². The molecule has 1 aromatic carbocycles. The first-order chi connectivity index (χ1) is 10.6. The van der Waals surface area contributed by atoms with Crippen LogP contribution in [0.3, 0.4) is 0 Å². The third-order valence-corrected chi connectivity index (χ3v) is 2.66. The highest BCUT2D eigenvalue weighted by Gasteiger charge is 2.09. The van der Waals surface area contributed by atoms with E-state index < -0.39 is 5.91 Å². The van der Waals surface area contributed by atoms with Crippen LogP contribution in [-0.2, 0) is 9.59 Å². The monoisotopic (exact) mass is 307 g/mol. The molecule has 1 aromatic rings. The predicted octanol–water partition coefficient (Wildman–Crippen LogP) is 0.0674. The lowest BCUT2D eigenvalue weighted by molar-refractivity contribution is -0.125. The molecule has 0 aliphatic carbocycles. The van der Waals surface area contributed by atoms with Gasteiger partial charge in [0.1, 0.15) is 5.75 Å². The molecule has 0 aromatic heterocycles. The van der Waals surface area contributed by atoms with Gasteiger partial charge in [0.15, 0.2) is 0 Å². The summed E-state index contributed by atoms with van der Waals surface area (Å²) in [6, 6.07) is 6.61. The van der Waals surface area contributed by atoms with Crippen LogP contribution in [0.4, 0.5) is 0 Å². The van der Waals surface area contributed by atoms with E-state index in [-0.39, 0.29) is 24.9 Å². The van der Waals surface area contributed by atoms with Crippen molar-refractivity contribution >= 4 is 17.7 Å². The molecule has 0 atom stereocenters. The lowest BCUT2D eigenvalue weighted by Crippen LogP contribution is -2.41. The number of benzene rings is 1. The second-order valence-electron chi connectivity index (χ2n) is 4.37. The van der Waals surface area contributed by atoms with Crippen molar-refractivity contribution in [3.8, 4) is 5.75 Å². The zero-order chi connectivity index (χ0) is 16.4. The summed E-state index contributed by atoms with van der Waals surface area (Å²) in [6.45, 7) is 4.42. The number of nitrogens with one attached hydrogen (secondary N) is 3. The first-order valence-electron chi connectivity index (χ1n) is 7.11. The lowest BCUT2D eigenvalue weighted by atomic mass is 10.2. The Kier molecular flexibility index (Phi) is 7.45. The zero-order valence-electron chi connectivity index (χ0n) is 12.8. The number of amides is 3. The summed E-state index contributed by atoms with van der Waals surface area (Å²) in [5.41, 5.74) is 0.431. The van der Waals surface area contributed by atoms with E-state index in [2.05, 4.69) is 16.0 Å². The van der Waals surface area contributed by atoms with Gasteiger partial charge in [-0.1, -0.05) is 0 Å². The van der Waals surface area contributed by atoms with E-state index in [1.165, 1.54) is 0 Å². The van der Waals surface area contributed by atoms with Crippen LogP contribution in [-0.4, -0.2) is 44.0 Å². The maximum atomic E-state index is 11.8. The Morgan fingerprint density at radius 3 is 2.09 bits per heavy atom. The molecule has 1 rings (SSSR count). The van der Waals surface area contributed by atoms with Crippen LogP contribution in [0.1, 0.15) is 24.2 Å². The molecule has 3 N–H and O–H groups in total. The Balaban J connectivity index is 2.35. The highest BCUT2D eigenvalue weighted by Crippen LogP contribution is 2.11. The first kappa shape index (κ1) is 17.5. The van der Waals surface area contributed by atoms with Crippen molar-refractivity contribution in [3.05, 3.63) is 29.8 Å². The molecule has 0 aliphatic heterocycles. The fourth-order valence-electron chi connectivity index (χ4n) is 1.63. The van der Waals surface area contributed by atoms with Gasteiger partial charge in [0, 0.05) is 12.1 Å². The quantitative estimate of drug-likeness (QED) is 0.633. The van der Waals surface area contributed by atoms with Crippen LogP contribution in [0.25, 0.3) is 0 Å². The van der Waals surface area contributed by atoms with E-state index in [1.807, 2.05) is 6.92 Å². The van der Waals surface area contributed by atoms with Crippen LogP contribution in [0.5, 0.6) is 5.75 Å². The van der Waals surface area contributed by atoms with Crippen molar-refractivity contribution < 1.29 is 19.1 Å². The summed E-state index contributed by atoms with van der Waals surface area (Å²) >= 11 is 0. The van der Waals surface area contributed by atoms with Gasteiger partial charge in [-0.05, 0) is 38.1 Å². The van der Waals surface area contributed by atoms with E-state index in [9.17, 15) is 14.4 Å². The van der Waals surface area contributed by atoms with Crippen LogP contribution < -0.4 is 20.7 Å². The van der Waals surface area contributed by atoms with Crippen molar-refractivity contribution in [2.75, 3.05) is 26.2 Å². The number of hydrogen-bond acceptors (Lipinski definition) is 4. The normalized spacial score (nSPS) is 9.73. The Hall–Kier alpha value is -2.57. The second-order valence-corrected chi connectivity index (χ2v) is 4.37. The minimum absolute atomic E-state index is 0.106. The Morgan fingerprint density at radius 2 is 1.50 bits per heavy atom. The van der Waals surface area contributed by atoms with E-state index in [0.717, 1.165) is 0 Å². The van der Waals surface area contributed by atoms with Gasteiger partial charge in [0.05, 0.1) is 19.7 Å². The van der Waals surface area contributed by atoms with E-state index in [0.29, 0.717) is 24.5 Å². The molecular weight excluding hydrogens is 286 g/mol. The van der Waals surface area contributed by atoms with Gasteiger partial charge in [-0.3, -0.25) is 14.4 Å². The maximum Gasteiger partial charge on any atom is 0.251 e. The maximum absolute atomic E-state index is 11.8. The molecule has 0 aliphatic rings. The van der Waals surface area contributed by atoms with Crippen LogP contribution in [0.2, 0.25) is 0 Å². The number of likely N-dealkylation sites (N-methyl/N-ethyl adjacent to an activating group) is 1. The number of carbonyl (C=O) groups excluding carboxylic acids is 3. The molecule has 120 valence electrons. The summed E-state index contributed by atoms with van der Waals surface area (Å²) in [6.07, 6.45) is 0. The van der Waals surface area contributed by atoms with Gasteiger partial charge >= 0.3 is 0 Å². The number of rotatable bonds is 8. The van der Waals surface area contributed by atoms with Gasteiger partial charge in [0.2, 0.25) is 11.8 Å². The molecule has 0 saturated heterocycles. The van der Waals surface area contributed by atoms with Gasteiger partial charge < -0.3 is 20.7 Å². The molecule has 0 heterocycles. The summed E-state index contributed by atoms with van der Waals surface area (Å²) in [4.78, 5) is 34.5. The minimum atomic E-state index is -0.425. The van der Waals surface area contributed by atoms with E-state index in [4.69, 9.17) is 4.74 Å². The van der Waals surface area contributed by atoms with Gasteiger partial charge in [0.25, 0.3) is 5.91 Å². The molecular formula is C15H21N3O4. The van der Waals surface area contributed by atoms with E-state index in [1.54, 1.807) is 31.2 Å². The molecule has 0 unspecified atom stereocenters. The molecule has 7 nitrogen and oxygen atoms in total. The summed E-state index contributed by atoms with van der Waals surface area (Å²) in [5, 5.41) is 7.45. The van der Waals surface area contributed by atoms with Crippen molar-refractivity contribution in [2.45, 2.75) is 13.8 Å². The summed E-state index contributed by atoms with van der Waals surface area (Å²) in [5.74, 6) is -0.380. The largest absolute Gasteiger partial charge is 0.494 e. The van der Waals surface area contributed by atoms with Crippen molar-refractivity contribution in [1.82, 2.24) is 16.0 Å². The molecule has 0 saturated carbocycles. The van der Waals surface area contributed by atoms with Crippen molar-refractivity contribution in [3.63, 3.8) is 0 Å². The number of carbonyl (C=O) groups is 3. The summed E-state index contributed by atoms with van der Waals surface area (Å²) < 4.78 is 5.28. The van der Waals surface area contributed by atoms with Crippen LogP contribution in [0.15, 0.2) is 24.3 Å². The van der Waals surface area contributed by atoms with Crippen molar-refractivity contribution in [1.29, 1.82) is 0 Å². The SMILES string of the molecule is CCNC(=O)CNC(=O)CNC(=O)c1ccc(OCC)cc1. The zero-order valence-corrected chi connectivity index (χ0v) is 12.8. The second kappa shape index (κ2) is 9.38. The average molecular weight is 307 g/mol. The predicted molar refractivity (Wildman–Crippen MR) is 81.6 cm³/mol. The third-order valence-electron chi connectivity index (χ3n) is 2.66. The van der Waals surface area contributed by atoms with Crippen LogP contribution in [0, 0.1) is 0 Å². The van der Waals surface area contributed by atoms with Crippen molar-refractivity contribution in [2.24, 2.45) is 0 Å². The standard InChI is InChI=1S/C15H21N3O4/c1-3-16-13(19)9-17-14(20)10-18-15(21)11-5-7-12(8-6-11)22-4-2/h5-8H,3-4,9-10H2,1-2H3,(H,16,19)(H,17,20)(H,18,21). The smallest absolute Gasteiger partial charge is 0.251 e. The minimum Gasteiger partial charge on any atom is -0.494 e. The highest BCUT2D eigenvalue weighted by molar-refractivity contribution is 5.96. The first-order valence-corrected chi connectivity index (χ1v) is 7.11. The van der Waals surface area contributed by atoms with Crippen LogP contribution >= 0.6 is 0 Å². The number of ether oxygens (including phenoxy) is 1. The molecule has 0 bridgehead atoms. The Morgan fingerprint density at radius 1 is 0.909 bits per heavy atom. The highest BCUT2D eigenvalue weighted by atomic mass is 16.5. The average Bonchev–Trinajstić information content (AvgIpc) is 2.52. The molecule has 0 spiro atoms. The molecule has 0 fully saturated rings. The Bertz CT molecular complexity index is 514. The number of hydrogen-bond donors (Lipinski definition) is 3. The van der Waals surface area contributed by atoms with Gasteiger partial charge in [-0.2, -0.15) is 0 Å². The van der Waals surface area contributed by atoms with Gasteiger partial charge in [-0.15, -0.1) is 0 Å². The lowest BCUT2D eigenvalue weighted by Gasteiger charge is -2.08. The summed E-state index contributed by atoms with van der Waals surface area (Å²) in [7, 11) is 0. The fraction of sp³-hybridized carbons (Fsp3) is 0.400. The fourth-order valence-corrected chi connectivity index (χ4v) is 1.63. The molecule has 3 amide bonds. The molecule has 0 radical (unpaired) electrons. The third kappa shape index (κ3) is 6.25.